The first-order valence-electron chi connectivity index (χ1n) is 8.52. The second-order valence-electron chi connectivity index (χ2n) is 7.00. The van der Waals surface area contributed by atoms with Gasteiger partial charge in [-0.2, -0.15) is 0 Å². The minimum Gasteiger partial charge on any atom is -0.394 e. The Kier molecular flexibility index (Phi) is 5.66. The summed E-state index contributed by atoms with van der Waals surface area (Å²) in [4.78, 5) is 0. The van der Waals surface area contributed by atoms with Crippen LogP contribution in [0, 0.1) is 5.92 Å². The second kappa shape index (κ2) is 7.16. The van der Waals surface area contributed by atoms with Crippen molar-refractivity contribution in [2.24, 2.45) is 5.92 Å². The van der Waals surface area contributed by atoms with Gasteiger partial charge in [0.25, 0.3) is 0 Å². The fourth-order valence-electron chi connectivity index (χ4n) is 3.73. The molecule has 0 aromatic heterocycles. The summed E-state index contributed by atoms with van der Waals surface area (Å²) < 4.78 is 12.3. The van der Waals surface area contributed by atoms with Gasteiger partial charge in [-0.3, -0.25) is 0 Å². The maximum absolute atomic E-state index is 6.17. The van der Waals surface area contributed by atoms with E-state index in [2.05, 4.69) is 70.2 Å². The van der Waals surface area contributed by atoms with E-state index in [0.29, 0.717) is 5.92 Å². The van der Waals surface area contributed by atoms with Crippen LogP contribution in [0.5, 0.6) is 0 Å². The normalized spacial score (nSPS) is 14.2. The first-order valence-corrected chi connectivity index (χ1v) is 10.3. The smallest absolute Gasteiger partial charge is 0.378 e. The Bertz CT molecular complexity index is 647. The third kappa shape index (κ3) is 3.10. The van der Waals surface area contributed by atoms with Crippen LogP contribution in [0.2, 0.25) is 5.04 Å². The van der Waals surface area contributed by atoms with E-state index >= 15 is 0 Å². The zero-order valence-electron chi connectivity index (χ0n) is 15.3. The molecule has 0 N–H and O–H groups in total. The van der Waals surface area contributed by atoms with E-state index in [4.69, 9.17) is 8.85 Å². The van der Waals surface area contributed by atoms with Gasteiger partial charge in [0.1, 0.15) is 0 Å². The average Bonchev–Trinajstić information content (AvgIpc) is 2.56. The van der Waals surface area contributed by atoms with Crippen LogP contribution >= 0.6 is 0 Å². The number of fused-ring (bicyclic) bond motifs is 1. The molecule has 0 bridgehead atoms. The lowest BCUT2D eigenvalue weighted by molar-refractivity contribution is 0.199. The van der Waals surface area contributed by atoms with Crippen LogP contribution < -0.4 is 5.19 Å². The fourth-order valence-corrected chi connectivity index (χ4v) is 7.61. The molecule has 0 radical (unpaired) electrons. The van der Waals surface area contributed by atoms with E-state index in [1.165, 1.54) is 28.8 Å². The van der Waals surface area contributed by atoms with E-state index in [1.54, 1.807) is 0 Å². The Morgan fingerprint density at radius 3 is 2.17 bits per heavy atom. The quantitative estimate of drug-likeness (QED) is 0.665. The van der Waals surface area contributed by atoms with Crippen molar-refractivity contribution < 1.29 is 8.85 Å². The molecule has 0 amide bonds. The minimum absolute atomic E-state index is 0.0189. The standard InChI is InChI=1S/C20H30O2Si/c1-7-10-16(2)20(3,4)23(21-5,22-6)19-14-13-17-11-8-9-12-18(17)15-19/h8-9,11-16H,7,10H2,1-6H3. The van der Waals surface area contributed by atoms with E-state index in [-0.39, 0.29) is 5.04 Å². The van der Waals surface area contributed by atoms with Gasteiger partial charge in [-0.15, -0.1) is 0 Å². The van der Waals surface area contributed by atoms with Crippen molar-refractivity contribution in [2.45, 2.75) is 45.6 Å². The molecule has 1 atom stereocenters. The van der Waals surface area contributed by atoms with Gasteiger partial charge in [-0.25, -0.2) is 0 Å². The van der Waals surface area contributed by atoms with Crippen LogP contribution in [-0.2, 0) is 8.85 Å². The van der Waals surface area contributed by atoms with Crippen molar-refractivity contribution in [2.75, 3.05) is 14.2 Å². The van der Waals surface area contributed by atoms with Crippen LogP contribution in [-0.4, -0.2) is 22.8 Å². The summed E-state index contributed by atoms with van der Waals surface area (Å²) in [5.41, 5.74) is 0. The van der Waals surface area contributed by atoms with Crippen LogP contribution in [0.25, 0.3) is 10.8 Å². The summed E-state index contributed by atoms with van der Waals surface area (Å²) in [7, 11) is 1.06. The summed E-state index contributed by atoms with van der Waals surface area (Å²) in [6.07, 6.45) is 2.36. The summed E-state index contributed by atoms with van der Waals surface area (Å²) in [5.74, 6) is 0.533. The van der Waals surface area contributed by atoms with Crippen molar-refractivity contribution in [1.82, 2.24) is 0 Å². The Balaban J connectivity index is 2.58. The minimum atomic E-state index is -2.56. The Morgan fingerprint density at radius 2 is 1.61 bits per heavy atom. The van der Waals surface area contributed by atoms with Crippen molar-refractivity contribution in [3.05, 3.63) is 42.5 Å². The first-order chi connectivity index (χ1) is 10.9. The Morgan fingerprint density at radius 1 is 1.00 bits per heavy atom. The second-order valence-corrected chi connectivity index (χ2v) is 10.9. The lowest BCUT2D eigenvalue weighted by Gasteiger charge is -2.45. The number of benzene rings is 2. The molecule has 0 saturated heterocycles. The zero-order valence-corrected chi connectivity index (χ0v) is 16.3. The van der Waals surface area contributed by atoms with Crippen LogP contribution in [0.4, 0.5) is 0 Å². The fraction of sp³-hybridized carbons (Fsp3) is 0.500. The topological polar surface area (TPSA) is 18.5 Å². The van der Waals surface area contributed by atoms with Gasteiger partial charge in [0.15, 0.2) is 0 Å². The Labute approximate surface area is 142 Å². The largest absolute Gasteiger partial charge is 0.394 e. The van der Waals surface area contributed by atoms with E-state index in [9.17, 15) is 0 Å². The maximum atomic E-state index is 6.17. The summed E-state index contributed by atoms with van der Waals surface area (Å²) >= 11 is 0. The highest BCUT2D eigenvalue weighted by Crippen LogP contribution is 2.46. The summed E-state index contributed by atoms with van der Waals surface area (Å²) in [6.45, 7) is 9.18. The molecule has 23 heavy (non-hydrogen) atoms. The van der Waals surface area contributed by atoms with E-state index < -0.39 is 8.56 Å². The molecule has 3 heteroatoms. The molecular weight excluding hydrogens is 300 g/mol. The molecule has 0 aliphatic rings. The molecule has 0 spiro atoms. The number of hydrogen-bond acceptors (Lipinski definition) is 2. The first kappa shape index (κ1) is 18.2. The van der Waals surface area contributed by atoms with Crippen molar-refractivity contribution in [3.8, 4) is 0 Å². The molecule has 0 saturated carbocycles. The Hall–Kier alpha value is -1.16. The zero-order chi connectivity index (χ0) is 17.1. The van der Waals surface area contributed by atoms with Gasteiger partial charge >= 0.3 is 8.56 Å². The molecular formula is C20H30O2Si. The molecule has 1 unspecified atom stereocenters. The molecule has 2 aromatic rings. The third-order valence-electron chi connectivity index (χ3n) is 5.51. The lowest BCUT2D eigenvalue weighted by atomic mass is 9.92. The molecule has 2 aromatic carbocycles. The third-order valence-corrected chi connectivity index (χ3v) is 9.92. The molecule has 126 valence electrons. The predicted octanol–water partition coefficient (Wildman–Crippen LogP) is 5.00. The maximum Gasteiger partial charge on any atom is 0.378 e. The van der Waals surface area contributed by atoms with E-state index in [0.717, 1.165) is 0 Å². The van der Waals surface area contributed by atoms with Gasteiger partial charge < -0.3 is 8.85 Å². The van der Waals surface area contributed by atoms with Crippen LogP contribution in [0.3, 0.4) is 0 Å². The highest BCUT2D eigenvalue weighted by Gasteiger charge is 2.55. The van der Waals surface area contributed by atoms with Gasteiger partial charge in [0.2, 0.25) is 0 Å². The molecule has 0 heterocycles. The molecule has 0 aliphatic heterocycles. The van der Waals surface area contributed by atoms with Crippen molar-refractivity contribution in [3.63, 3.8) is 0 Å². The molecule has 0 aliphatic carbocycles. The highest BCUT2D eigenvalue weighted by atomic mass is 28.4. The van der Waals surface area contributed by atoms with Crippen molar-refractivity contribution >= 4 is 24.5 Å². The lowest BCUT2D eigenvalue weighted by Crippen LogP contribution is -2.61. The van der Waals surface area contributed by atoms with Crippen LogP contribution in [0.1, 0.15) is 40.5 Å². The van der Waals surface area contributed by atoms with Crippen LogP contribution in [0.15, 0.2) is 42.5 Å². The monoisotopic (exact) mass is 330 g/mol. The van der Waals surface area contributed by atoms with Gasteiger partial charge in [-0.05, 0) is 21.9 Å². The summed E-state index contributed by atoms with van der Waals surface area (Å²) in [6, 6.07) is 15.1. The molecule has 2 rings (SSSR count). The van der Waals surface area contributed by atoms with Gasteiger partial charge in [0, 0.05) is 19.3 Å². The SMILES string of the molecule is CCCC(C)C(C)(C)[Si](OC)(OC)c1ccc2ccccc2c1. The van der Waals surface area contributed by atoms with Gasteiger partial charge in [-0.1, -0.05) is 83.0 Å². The van der Waals surface area contributed by atoms with E-state index in [1.807, 2.05) is 14.2 Å². The summed E-state index contributed by atoms with van der Waals surface area (Å²) in [5, 5.41) is 3.70. The number of rotatable bonds is 7. The van der Waals surface area contributed by atoms with Crippen molar-refractivity contribution in [1.29, 1.82) is 0 Å². The molecule has 0 fully saturated rings. The predicted molar refractivity (Wildman–Crippen MR) is 101 cm³/mol. The van der Waals surface area contributed by atoms with Gasteiger partial charge in [0.05, 0.1) is 0 Å². The number of hydrogen-bond donors (Lipinski definition) is 0. The highest BCUT2D eigenvalue weighted by molar-refractivity contribution is 6.83. The average molecular weight is 331 g/mol. The molecule has 2 nitrogen and oxygen atoms in total.